The van der Waals surface area contributed by atoms with Gasteiger partial charge in [0.2, 0.25) is 5.91 Å². The SMILES string of the molecule is CCOCCCN(CC(=O)N(Cc1ccccc1)Cc1cccs1)C(=O)c1ccco1. The second kappa shape index (κ2) is 12.1. The molecule has 0 N–H and O–H groups in total. The summed E-state index contributed by atoms with van der Waals surface area (Å²) in [4.78, 5) is 30.7. The number of thiophene rings is 1. The molecule has 0 atom stereocenters. The first kappa shape index (κ1) is 22.8. The van der Waals surface area contributed by atoms with Gasteiger partial charge in [0.1, 0.15) is 6.54 Å². The lowest BCUT2D eigenvalue weighted by Crippen LogP contribution is -2.43. The van der Waals surface area contributed by atoms with Crippen LogP contribution in [0.3, 0.4) is 0 Å². The van der Waals surface area contributed by atoms with E-state index in [1.807, 2.05) is 54.8 Å². The Balaban J connectivity index is 1.73. The molecule has 0 aliphatic rings. The van der Waals surface area contributed by atoms with E-state index >= 15 is 0 Å². The van der Waals surface area contributed by atoms with Gasteiger partial charge >= 0.3 is 0 Å². The van der Waals surface area contributed by atoms with Crippen molar-refractivity contribution in [2.45, 2.75) is 26.4 Å². The van der Waals surface area contributed by atoms with E-state index in [9.17, 15) is 9.59 Å². The maximum Gasteiger partial charge on any atom is 0.290 e. The second-order valence-corrected chi connectivity index (χ2v) is 8.10. The van der Waals surface area contributed by atoms with E-state index in [1.54, 1.807) is 33.3 Å². The van der Waals surface area contributed by atoms with E-state index in [0.29, 0.717) is 39.3 Å². The van der Waals surface area contributed by atoms with Crippen molar-refractivity contribution in [3.8, 4) is 0 Å². The third kappa shape index (κ3) is 7.08. The topological polar surface area (TPSA) is 63.0 Å². The smallest absolute Gasteiger partial charge is 0.290 e. The lowest BCUT2D eigenvalue weighted by molar-refractivity contribution is -0.133. The van der Waals surface area contributed by atoms with E-state index in [2.05, 4.69) is 0 Å². The van der Waals surface area contributed by atoms with Crippen LogP contribution in [0.5, 0.6) is 0 Å². The molecule has 2 amide bonds. The second-order valence-electron chi connectivity index (χ2n) is 7.07. The zero-order valence-corrected chi connectivity index (χ0v) is 18.6. The molecule has 0 unspecified atom stereocenters. The van der Waals surface area contributed by atoms with Crippen molar-refractivity contribution >= 4 is 23.2 Å². The number of furan rings is 1. The van der Waals surface area contributed by atoms with Crippen LogP contribution in [0.25, 0.3) is 0 Å². The van der Waals surface area contributed by atoms with E-state index in [-0.39, 0.29) is 24.1 Å². The Bertz CT molecular complexity index is 910. The molecule has 164 valence electrons. The Hall–Kier alpha value is -2.90. The molecule has 0 aliphatic heterocycles. The van der Waals surface area contributed by atoms with Crippen molar-refractivity contribution in [3.63, 3.8) is 0 Å². The number of hydrogen-bond acceptors (Lipinski definition) is 5. The highest BCUT2D eigenvalue weighted by Gasteiger charge is 2.24. The van der Waals surface area contributed by atoms with Crippen LogP contribution in [0.4, 0.5) is 0 Å². The average molecular weight is 441 g/mol. The number of nitrogens with zero attached hydrogens (tertiary/aromatic N) is 2. The van der Waals surface area contributed by atoms with E-state index in [0.717, 1.165) is 10.4 Å². The van der Waals surface area contributed by atoms with E-state index in [4.69, 9.17) is 9.15 Å². The van der Waals surface area contributed by atoms with Gasteiger partial charge in [0.15, 0.2) is 5.76 Å². The van der Waals surface area contributed by atoms with Crippen molar-refractivity contribution in [1.29, 1.82) is 0 Å². The van der Waals surface area contributed by atoms with Gasteiger partial charge in [0.25, 0.3) is 5.91 Å². The first-order valence-corrected chi connectivity index (χ1v) is 11.3. The molecule has 0 aliphatic carbocycles. The van der Waals surface area contributed by atoms with Gasteiger partial charge in [-0.3, -0.25) is 9.59 Å². The number of carbonyl (C=O) groups is 2. The van der Waals surface area contributed by atoms with Gasteiger partial charge in [-0.15, -0.1) is 11.3 Å². The predicted molar refractivity (Wildman–Crippen MR) is 121 cm³/mol. The van der Waals surface area contributed by atoms with Crippen molar-refractivity contribution in [1.82, 2.24) is 9.80 Å². The molecule has 1 aromatic carbocycles. The molecule has 7 heteroatoms. The minimum atomic E-state index is -0.286. The number of ether oxygens (including phenoxy) is 1. The first-order chi connectivity index (χ1) is 15.2. The fourth-order valence-electron chi connectivity index (χ4n) is 3.20. The number of hydrogen-bond donors (Lipinski definition) is 0. The molecule has 6 nitrogen and oxygen atoms in total. The summed E-state index contributed by atoms with van der Waals surface area (Å²) in [5.74, 6) is -0.156. The van der Waals surface area contributed by atoms with Gasteiger partial charge in [0, 0.05) is 31.2 Å². The molecule has 3 rings (SSSR count). The molecule has 31 heavy (non-hydrogen) atoms. The lowest BCUT2D eigenvalue weighted by Gasteiger charge is -2.27. The van der Waals surface area contributed by atoms with Crippen LogP contribution in [0.15, 0.2) is 70.7 Å². The van der Waals surface area contributed by atoms with Crippen molar-refractivity contribution in [2.75, 3.05) is 26.3 Å². The summed E-state index contributed by atoms with van der Waals surface area (Å²) in [5, 5.41) is 2.00. The number of benzene rings is 1. The zero-order valence-electron chi connectivity index (χ0n) is 17.7. The summed E-state index contributed by atoms with van der Waals surface area (Å²) < 4.78 is 10.7. The fourth-order valence-corrected chi connectivity index (χ4v) is 3.92. The van der Waals surface area contributed by atoms with E-state index in [1.165, 1.54) is 6.26 Å². The monoisotopic (exact) mass is 440 g/mol. The van der Waals surface area contributed by atoms with Gasteiger partial charge in [-0.1, -0.05) is 36.4 Å². The van der Waals surface area contributed by atoms with Crippen LogP contribution in [0, 0.1) is 0 Å². The van der Waals surface area contributed by atoms with Gasteiger partial charge < -0.3 is 19.0 Å². The van der Waals surface area contributed by atoms with Crippen LogP contribution in [-0.2, 0) is 22.6 Å². The van der Waals surface area contributed by atoms with Crippen LogP contribution in [0.1, 0.15) is 34.3 Å². The van der Waals surface area contributed by atoms with Gasteiger partial charge in [-0.05, 0) is 42.5 Å². The van der Waals surface area contributed by atoms with Gasteiger partial charge in [-0.2, -0.15) is 0 Å². The number of rotatable bonds is 12. The normalized spacial score (nSPS) is 10.7. The largest absolute Gasteiger partial charge is 0.459 e. The van der Waals surface area contributed by atoms with Crippen molar-refractivity contribution < 1.29 is 18.7 Å². The highest BCUT2D eigenvalue weighted by atomic mass is 32.1. The Morgan fingerprint density at radius 1 is 1.00 bits per heavy atom. The molecule has 0 bridgehead atoms. The van der Waals surface area contributed by atoms with Crippen LogP contribution in [0.2, 0.25) is 0 Å². The Morgan fingerprint density at radius 3 is 2.52 bits per heavy atom. The third-order valence-electron chi connectivity index (χ3n) is 4.76. The summed E-state index contributed by atoms with van der Waals surface area (Å²) in [5.41, 5.74) is 1.05. The quantitative estimate of drug-likeness (QED) is 0.391. The third-order valence-corrected chi connectivity index (χ3v) is 5.62. The summed E-state index contributed by atoms with van der Waals surface area (Å²) >= 11 is 1.62. The van der Waals surface area contributed by atoms with Crippen molar-refractivity contribution in [3.05, 3.63) is 82.4 Å². The van der Waals surface area contributed by atoms with Gasteiger partial charge in [0.05, 0.1) is 12.8 Å². The minimum absolute atomic E-state index is 0.0101. The van der Waals surface area contributed by atoms with Crippen molar-refractivity contribution in [2.24, 2.45) is 0 Å². The molecule has 2 heterocycles. The molecule has 2 aromatic heterocycles. The average Bonchev–Trinajstić information content (AvgIpc) is 3.50. The summed E-state index contributed by atoms with van der Waals surface area (Å²) in [7, 11) is 0. The van der Waals surface area contributed by atoms with Crippen LogP contribution >= 0.6 is 11.3 Å². The molecule has 0 spiro atoms. The summed E-state index contributed by atoms with van der Waals surface area (Å²) in [6.45, 7) is 4.49. The summed E-state index contributed by atoms with van der Waals surface area (Å²) in [6, 6.07) is 17.2. The molecular weight excluding hydrogens is 412 g/mol. The zero-order chi connectivity index (χ0) is 21.9. The minimum Gasteiger partial charge on any atom is -0.459 e. The molecular formula is C24H28N2O4S. The molecule has 0 saturated carbocycles. The highest BCUT2D eigenvalue weighted by Crippen LogP contribution is 2.16. The molecule has 3 aromatic rings. The van der Waals surface area contributed by atoms with Crippen LogP contribution < -0.4 is 0 Å². The van der Waals surface area contributed by atoms with Crippen LogP contribution in [-0.4, -0.2) is 47.9 Å². The lowest BCUT2D eigenvalue weighted by atomic mass is 10.2. The first-order valence-electron chi connectivity index (χ1n) is 10.4. The molecule has 0 fully saturated rings. The maximum absolute atomic E-state index is 13.3. The fraction of sp³-hybridized carbons (Fsp3) is 0.333. The maximum atomic E-state index is 13.3. The van der Waals surface area contributed by atoms with Gasteiger partial charge in [-0.25, -0.2) is 0 Å². The predicted octanol–water partition coefficient (Wildman–Crippen LogP) is 4.44. The molecule has 0 radical (unpaired) electrons. The number of amides is 2. The Kier molecular flexibility index (Phi) is 8.87. The number of carbonyl (C=O) groups excluding carboxylic acids is 2. The molecule has 0 saturated heterocycles. The summed E-state index contributed by atoms with van der Waals surface area (Å²) in [6.07, 6.45) is 2.11. The van der Waals surface area contributed by atoms with E-state index < -0.39 is 0 Å². The standard InChI is InChI=1S/C24H28N2O4S/c1-2-29-14-8-13-25(24(28)22-12-6-15-30-22)19-23(27)26(18-21-11-7-16-31-21)17-20-9-4-3-5-10-20/h3-7,9-12,15-16H,2,8,13-14,17-19H2,1H3. The Labute approximate surface area is 187 Å². The Morgan fingerprint density at radius 2 is 1.84 bits per heavy atom. The highest BCUT2D eigenvalue weighted by molar-refractivity contribution is 7.09.